The Morgan fingerprint density at radius 3 is 2.67 bits per heavy atom. The van der Waals surface area contributed by atoms with Gasteiger partial charge in [-0.1, -0.05) is 30.3 Å². The van der Waals surface area contributed by atoms with Crippen molar-refractivity contribution in [1.82, 2.24) is 5.32 Å². The van der Waals surface area contributed by atoms with Gasteiger partial charge < -0.3 is 14.8 Å². The summed E-state index contributed by atoms with van der Waals surface area (Å²) in [6.07, 6.45) is 2.42. The van der Waals surface area contributed by atoms with Crippen molar-refractivity contribution in [3.05, 3.63) is 59.2 Å². The van der Waals surface area contributed by atoms with Gasteiger partial charge in [0.2, 0.25) is 5.91 Å². The second kappa shape index (κ2) is 7.39. The zero-order valence-corrected chi connectivity index (χ0v) is 14.2. The van der Waals surface area contributed by atoms with Crippen molar-refractivity contribution in [2.45, 2.75) is 19.3 Å². The van der Waals surface area contributed by atoms with Crippen molar-refractivity contribution >= 4 is 5.91 Å². The number of hydrogen-bond acceptors (Lipinski definition) is 3. The van der Waals surface area contributed by atoms with E-state index in [4.69, 9.17) is 9.47 Å². The Hall–Kier alpha value is -2.49. The molecule has 1 atom stereocenters. The first-order chi connectivity index (χ1) is 11.7. The lowest BCUT2D eigenvalue weighted by molar-refractivity contribution is -0.119. The first-order valence-corrected chi connectivity index (χ1v) is 8.26. The van der Waals surface area contributed by atoms with Crippen LogP contribution in [-0.4, -0.2) is 26.7 Å². The highest BCUT2D eigenvalue weighted by molar-refractivity contribution is 5.78. The summed E-state index contributed by atoms with van der Waals surface area (Å²) in [5.74, 6) is 2.27. The Kier molecular flexibility index (Phi) is 5.04. The molecule has 24 heavy (non-hydrogen) atoms. The fourth-order valence-corrected chi connectivity index (χ4v) is 3.07. The molecule has 0 bridgehead atoms. The normalized spacial score (nSPS) is 16.0. The maximum absolute atomic E-state index is 11.4. The highest BCUT2D eigenvalue weighted by atomic mass is 16.5. The first kappa shape index (κ1) is 16.4. The third kappa shape index (κ3) is 3.88. The molecule has 0 saturated carbocycles. The second-order valence-electron chi connectivity index (χ2n) is 6.23. The minimum absolute atomic E-state index is 0.0375. The minimum atomic E-state index is 0.0375. The lowest BCUT2D eigenvalue weighted by atomic mass is 9.90. The van der Waals surface area contributed by atoms with Crippen LogP contribution in [0, 0.1) is 5.92 Å². The Labute approximate surface area is 142 Å². The van der Waals surface area contributed by atoms with Crippen LogP contribution >= 0.6 is 0 Å². The van der Waals surface area contributed by atoms with E-state index in [0.29, 0.717) is 12.3 Å². The van der Waals surface area contributed by atoms with Crippen LogP contribution in [0.4, 0.5) is 0 Å². The van der Waals surface area contributed by atoms with Crippen LogP contribution in [0.5, 0.6) is 11.5 Å². The predicted octanol–water partition coefficient (Wildman–Crippen LogP) is 2.78. The molecule has 0 aromatic heterocycles. The van der Waals surface area contributed by atoms with Gasteiger partial charge >= 0.3 is 0 Å². The van der Waals surface area contributed by atoms with E-state index < -0.39 is 0 Å². The number of fused-ring (bicyclic) bond motifs is 1. The van der Waals surface area contributed by atoms with Crippen LogP contribution in [0.1, 0.15) is 16.7 Å². The van der Waals surface area contributed by atoms with Crippen molar-refractivity contribution in [3.8, 4) is 11.5 Å². The van der Waals surface area contributed by atoms with Crippen molar-refractivity contribution < 1.29 is 14.3 Å². The van der Waals surface area contributed by atoms with Crippen molar-refractivity contribution in [1.29, 1.82) is 0 Å². The molecule has 1 N–H and O–H groups in total. The average molecular weight is 325 g/mol. The lowest BCUT2D eigenvalue weighted by Crippen LogP contribution is -2.23. The number of amides is 1. The van der Waals surface area contributed by atoms with E-state index in [1.165, 1.54) is 11.1 Å². The molecule has 3 rings (SSSR count). The van der Waals surface area contributed by atoms with E-state index in [2.05, 4.69) is 23.5 Å². The number of hydrogen-bond donors (Lipinski definition) is 1. The molecule has 0 fully saturated rings. The molecular weight excluding hydrogens is 302 g/mol. The SMILES string of the molecule is CNC(=O)Cc1ccc(C[C@@H]2COc3cc(OC)ccc3C2)cc1. The number of carbonyl (C=O) groups excluding carboxylic acids is 1. The highest BCUT2D eigenvalue weighted by Crippen LogP contribution is 2.32. The number of likely N-dealkylation sites (N-methyl/N-ethyl adjacent to an activating group) is 1. The summed E-state index contributed by atoms with van der Waals surface area (Å²) in [6, 6.07) is 14.3. The summed E-state index contributed by atoms with van der Waals surface area (Å²) in [5, 5.41) is 2.65. The molecule has 1 amide bonds. The van der Waals surface area contributed by atoms with Crippen LogP contribution in [-0.2, 0) is 24.1 Å². The molecule has 0 unspecified atom stereocenters. The monoisotopic (exact) mass is 325 g/mol. The van der Waals surface area contributed by atoms with E-state index in [1.54, 1.807) is 14.2 Å². The Morgan fingerprint density at radius 2 is 1.96 bits per heavy atom. The summed E-state index contributed by atoms with van der Waals surface area (Å²) in [6.45, 7) is 0.722. The number of benzene rings is 2. The molecule has 0 radical (unpaired) electrons. The van der Waals surface area contributed by atoms with Gasteiger partial charge in [0.1, 0.15) is 11.5 Å². The van der Waals surface area contributed by atoms with Gasteiger partial charge in [0.15, 0.2) is 0 Å². The lowest BCUT2D eigenvalue weighted by Gasteiger charge is -2.25. The van der Waals surface area contributed by atoms with Crippen molar-refractivity contribution in [2.75, 3.05) is 20.8 Å². The molecule has 1 heterocycles. The molecule has 4 nitrogen and oxygen atoms in total. The summed E-state index contributed by atoms with van der Waals surface area (Å²) in [4.78, 5) is 11.4. The smallest absolute Gasteiger partial charge is 0.224 e. The van der Waals surface area contributed by atoms with Gasteiger partial charge in [-0.15, -0.1) is 0 Å². The largest absolute Gasteiger partial charge is 0.497 e. The molecule has 0 saturated heterocycles. The van der Waals surface area contributed by atoms with Gasteiger partial charge in [0, 0.05) is 19.0 Å². The van der Waals surface area contributed by atoms with Gasteiger partial charge in [-0.05, 0) is 35.6 Å². The second-order valence-corrected chi connectivity index (χ2v) is 6.23. The van der Waals surface area contributed by atoms with Crippen LogP contribution in [0.15, 0.2) is 42.5 Å². The van der Waals surface area contributed by atoms with Crippen LogP contribution in [0.25, 0.3) is 0 Å². The molecular formula is C20H23NO3. The number of ether oxygens (including phenoxy) is 2. The van der Waals surface area contributed by atoms with Gasteiger partial charge in [-0.25, -0.2) is 0 Å². The van der Waals surface area contributed by atoms with Crippen LogP contribution in [0.3, 0.4) is 0 Å². The quantitative estimate of drug-likeness (QED) is 0.919. The molecule has 126 valence electrons. The number of nitrogens with one attached hydrogen (secondary N) is 1. The number of methoxy groups -OCH3 is 1. The van der Waals surface area contributed by atoms with E-state index in [0.717, 1.165) is 36.5 Å². The first-order valence-electron chi connectivity index (χ1n) is 8.26. The Bertz CT molecular complexity index is 709. The molecule has 1 aliphatic rings. The fraction of sp³-hybridized carbons (Fsp3) is 0.350. The molecule has 4 heteroatoms. The van der Waals surface area contributed by atoms with Crippen LogP contribution in [0.2, 0.25) is 0 Å². The zero-order valence-electron chi connectivity index (χ0n) is 14.2. The maximum atomic E-state index is 11.4. The number of rotatable bonds is 5. The van der Waals surface area contributed by atoms with Crippen molar-refractivity contribution in [3.63, 3.8) is 0 Å². The molecule has 2 aromatic rings. The highest BCUT2D eigenvalue weighted by Gasteiger charge is 2.20. The minimum Gasteiger partial charge on any atom is -0.497 e. The van der Waals surface area contributed by atoms with E-state index in [-0.39, 0.29) is 5.91 Å². The topological polar surface area (TPSA) is 47.6 Å². The van der Waals surface area contributed by atoms with E-state index in [9.17, 15) is 4.79 Å². The van der Waals surface area contributed by atoms with Crippen LogP contribution < -0.4 is 14.8 Å². The Balaban J connectivity index is 1.61. The van der Waals surface area contributed by atoms with E-state index in [1.807, 2.05) is 24.3 Å². The summed E-state index contributed by atoms with van der Waals surface area (Å²) in [7, 11) is 3.33. The molecule has 0 aliphatic carbocycles. The predicted molar refractivity (Wildman–Crippen MR) is 93.6 cm³/mol. The van der Waals surface area contributed by atoms with Gasteiger partial charge in [0.25, 0.3) is 0 Å². The third-order valence-corrected chi connectivity index (χ3v) is 4.45. The number of carbonyl (C=O) groups is 1. The fourth-order valence-electron chi connectivity index (χ4n) is 3.07. The third-order valence-electron chi connectivity index (χ3n) is 4.45. The average Bonchev–Trinajstić information content (AvgIpc) is 2.62. The van der Waals surface area contributed by atoms with Crippen molar-refractivity contribution in [2.24, 2.45) is 5.92 Å². The van der Waals surface area contributed by atoms with E-state index >= 15 is 0 Å². The van der Waals surface area contributed by atoms with Gasteiger partial charge in [-0.3, -0.25) is 4.79 Å². The summed E-state index contributed by atoms with van der Waals surface area (Å²) < 4.78 is 11.1. The molecule has 0 spiro atoms. The summed E-state index contributed by atoms with van der Waals surface area (Å²) in [5.41, 5.74) is 3.56. The van der Waals surface area contributed by atoms with Gasteiger partial charge in [0.05, 0.1) is 20.1 Å². The Morgan fingerprint density at radius 1 is 1.21 bits per heavy atom. The summed E-state index contributed by atoms with van der Waals surface area (Å²) >= 11 is 0. The standard InChI is InChI=1S/C20H23NO3/c1-21-20(22)11-15-5-3-14(4-6-15)9-16-10-17-7-8-18(23-2)12-19(17)24-13-16/h3-8,12,16H,9-11,13H2,1-2H3,(H,21,22)/t16-/m0/s1. The van der Waals surface area contributed by atoms with Gasteiger partial charge in [-0.2, -0.15) is 0 Å². The molecule has 2 aromatic carbocycles. The zero-order chi connectivity index (χ0) is 16.9. The molecule has 1 aliphatic heterocycles. The maximum Gasteiger partial charge on any atom is 0.224 e.